The average Bonchev–Trinajstić information content (AvgIpc) is 2.13. The molecule has 0 heterocycles. The van der Waals surface area contributed by atoms with Crippen molar-refractivity contribution in [2.75, 3.05) is 0 Å². The molecule has 0 bridgehead atoms. The molecule has 1 aliphatic carbocycles. The van der Waals surface area contributed by atoms with Gasteiger partial charge in [-0.3, -0.25) is 4.79 Å². The second-order valence-electron chi connectivity index (χ2n) is 5.67. The van der Waals surface area contributed by atoms with Gasteiger partial charge in [-0.05, 0) is 6.42 Å². The number of carbonyl (C=O) groups excluding carboxylic acids is 1. The van der Waals surface area contributed by atoms with Crippen LogP contribution in [0.4, 0.5) is 0 Å². The Morgan fingerprint density at radius 3 is 2.13 bits per heavy atom. The summed E-state index contributed by atoms with van der Waals surface area (Å²) in [5.74, 6) is -0.157. The molecule has 0 radical (unpaired) electrons. The molecule has 1 saturated carbocycles. The number of carbonyl (C=O) groups is 1. The summed E-state index contributed by atoms with van der Waals surface area (Å²) in [6.07, 6.45) is 0.664. The van der Waals surface area contributed by atoms with Crippen molar-refractivity contribution in [3.8, 4) is 0 Å². The summed E-state index contributed by atoms with van der Waals surface area (Å²) in [6.45, 7) is 9.70. The van der Waals surface area contributed by atoms with Crippen molar-refractivity contribution in [2.45, 2.75) is 59.7 Å². The van der Waals surface area contributed by atoms with E-state index in [1.165, 1.54) is 0 Å². The maximum absolute atomic E-state index is 11.4. The highest BCUT2D eigenvalue weighted by molar-refractivity contribution is 5.69. The van der Waals surface area contributed by atoms with E-state index in [-0.39, 0.29) is 22.9 Å². The smallest absolute Gasteiger partial charge is 0.306 e. The molecule has 0 amide bonds. The van der Waals surface area contributed by atoms with Gasteiger partial charge in [0.2, 0.25) is 0 Å². The molecule has 3 heteroatoms. The van der Waals surface area contributed by atoms with Crippen molar-refractivity contribution < 1.29 is 14.6 Å². The van der Waals surface area contributed by atoms with Crippen LogP contribution in [0.2, 0.25) is 0 Å². The number of hydrogen-bond donors (Lipinski definition) is 1. The third-order valence-corrected chi connectivity index (χ3v) is 3.46. The van der Waals surface area contributed by atoms with Gasteiger partial charge in [-0.1, -0.05) is 34.6 Å². The van der Waals surface area contributed by atoms with Crippen molar-refractivity contribution in [1.29, 1.82) is 0 Å². The third-order valence-electron chi connectivity index (χ3n) is 3.46. The molecule has 0 atom stereocenters. The fourth-order valence-electron chi connectivity index (χ4n) is 2.81. The maximum Gasteiger partial charge on any atom is 0.306 e. The first-order valence-electron chi connectivity index (χ1n) is 5.62. The Morgan fingerprint density at radius 1 is 1.27 bits per heavy atom. The summed E-state index contributed by atoms with van der Waals surface area (Å²) in [5, 5.41) is 9.93. The van der Waals surface area contributed by atoms with Crippen LogP contribution in [0.5, 0.6) is 0 Å². The maximum atomic E-state index is 11.4. The van der Waals surface area contributed by atoms with Gasteiger partial charge < -0.3 is 9.84 Å². The van der Waals surface area contributed by atoms with E-state index < -0.39 is 6.10 Å². The van der Waals surface area contributed by atoms with Gasteiger partial charge in [0, 0.05) is 17.3 Å². The summed E-state index contributed by atoms with van der Waals surface area (Å²) in [4.78, 5) is 11.4. The van der Waals surface area contributed by atoms with Crippen LogP contribution < -0.4 is 0 Å². The topological polar surface area (TPSA) is 46.5 Å². The Labute approximate surface area is 91.8 Å². The lowest BCUT2D eigenvalue weighted by Crippen LogP contribution is -2.68. The quantitative estimate of drug-likeness (QED) is 0.732. The van der Waals surface area contributed by atoms with E-state index in [2.05, 4.69) is 0 Å². The highest BCUT2D eigenvalue weighted by atomic mass is 16.5. The minimum atomic E-state index is -0.413. The molecule has 88 valence electrons. The van der Waals surface area contributed by atoms with Crippen molar-refractivity contribution in [3.63, 3.8) is 0 Å². The van der Waals surface area contributed by atoms with Gasteiger partial charge in [0.15, 0.2) is 0 Å². The van der Waals surface area contributed by atoms with Crippen LogP contribution in [-0.2, 0) is 9.53 Å². The molecule has 0 spiro atoms. The van der Waals surface area contributed by atoms with Crippen LogP contribution in [0.1, 0.15) is 47.5 Å². The molecule has 0 aromatic heterocycles. The standard InChI is InChI=1S/C12H22O3/c1-6-7-8(13)15-10-11(2,3)9(14)12(10,4)5/h9-10,14H,6-7H2,1-5H3. The number of rotatable bonds is 3. The van der Waals surface area contributed by atoms with E-state index in [0.29, 0.717) is 6.42 Å². The molecule has 1 fully saturated rings. The third kappa shape index (κ3) is 1.89. The molecule has 1 aliphatic rings. The molecule has 1 N–H and O–H groups in total. The Kier molecular flexibility index (Phi) is 3.15. The van der Waals surface area contributed by atoms with Gasteiger partial charge in [0.25, 0.3) is 0 Å². The zero-order valence-electron chi connectivity index (χ0n) is 10.3. The van der Waals surface area contributed by atoms with Gasteiger partial charge in [-0.2, -0.15) is 0 Å². The largest absolute Gasteiger partial charge is 0.461 e. The lowest BCUT2D eigenvalue weighted by atomic mass is 9.51. The lowest BCUT2D eigenvalue weighted by Gasteiger charge is -2.60. The van der Waals surface area contributed by atoms with Gasteiger partial charge >= 0.3 is 5.97 Å². The zero-order chi connectivity index (χ0) is 11.9. The molecule has 15 heavy (non-hydrogen) atoms. The van der Waals surface area contributed by atoms with Crippen LogP contribution in [0.25, 0.3) is 0 Å². The molecule has 3 nitrogen and oxygen atoms in total. The van der Waals surface area contributed by atoms with E-state index >= 15 is 0 Å². The highest BCUT2D eigenvalue weighted by Gasteiger charge is 2.63. The number of aliphatic hydroxyl groups excluding tert-OH is 1. The van der Waals surface area contributed by atoms with Crippen LogP contribution in [0.3, 0.4) is 0 Å². The van der Waals surface area contributed by atoms with E-state index in [1.54, 1.807) is 0 Å². The van der Waals surface area contributed by atoms with E-state index in [9.17, 15) is 9.90 Å². The molecule has 0 aliphatic heterocycles. The lowest BCUT2D eigenvalue weighted by molar-refractivity contribution is -0.259. The van der Waals surface area contributed by atoms with Crippen LogP contribution >= 0.6 is 0 Å². The van der Waals surface area contributed by atoms with Crippen molar-refractivity contribution in [3.05, 3.63) is 0 Å². The Morgan fingerprint density at radius 2 is 1.73 bits per heavy atom. The van der Waals surface area contributed by atoms with Crippen LogP contribution in [-0.4, -0.2) is 23.3 Å². The summed E-state index contributed by atoms with van der Waals surface area (Å²) < 4.78 is 5.43. The minimum Gasteiger partial charge on any atom is -0.461 e. The zero-order valence-corrected chi connectivity index (χ0v) is 10.3. The predicted molar refractivity (Wildman–Crippen MR) is 58.4 cm³/mol. The molecular weight excluding hydrogens is 192 g/mol. The number of hydrogen-bond acceptors (Lipinski definition) is 3. The monoisotopic (exact) mass is 214 g/mol. The molecule has 0 aromatic carbocycles. The second-order valence-corrected chi connectivity index (χ2v) is 5.67. The SMILES string of the molecule is CCCC(=O)OC1C(C)(C)C(O)C1(C)C. The molecule has 0 aromatic rings. The summed E-state index contributed by atoms with van der Waals surface area (Å²) in [6, 6.07) is 0. The Balaban J connectivity index is 2.66. The minimum absolute atomic E-state index is 0.157. The second kappa shape index (κ2) is 3.78. The fourth-order valence-corrected chi connectivity index (χ4v) is 2.81. The summed E-state index contributed by atoms with van der Waals surface area (Å²) in [5.41, 5.74) is -0.653. The summed E-state index contributed by atoms with van der Waals surface area (Å²) in [7, 11) is 0. The molecular formula is C12H22O3. The normalized spacial score (nSPS) is 31.9. The number of ether oxygens (including phenoxy) is 1. The first-order valence-corrected chi connectivity index (χ1v) is 5.62. The first-order chi connectivity index (χ1) is 6.74. The van der Waals surface area contributed by atoms with Crippen molar-refractivity contribution >= 4 is 5.97 Å². The highest BCUT2D eigenvalue weighted by Crippen LogP contribution is 2.55. The van der Waals surface area contributed by atoms with Gasteiger partial charge in [-0.25, -0.2) is 0 Å². The Bertz CT molecular complexity index is 240. The molecule has 0 unspecified atom stereocenters. The van der Waals surface area contributed by atoms with Crippen LogP contribution in [0, 0.1) is 10.8 Å². The van der Waals surface area contributed by atoms with Crippen LogP contribution in [0.15, 0.2) is 0 Å². The van der Waals surface area contributed by atoms with Gasteiger partial charge in [0.05, 0.1) is 6.10 Å². The van der Waals surface area contributed by atoms with Gasteiger partial charge in [-0.15, -0.1) is 0 Å². The average molecular weight is 214 g/mol. The fraction of sp³-hybridized carbons (Fsp3) is 0.917. The van der Waals surface area contributed by atoms with Gasteiger partial charge in [0.1, 0.15) is 6.10 Å². The number of esters is 1. The number of aliphatic hydroxyl groups is 1. The first kappa shape index (κ1) is 12.5. The predicted octanol–water partition coefficient (Wildman–Crippen LogP) is 2.13. The van der Waals surface area contributed by atoms with Crippen molar-refractivity contribution in [1.82, 2.24) is 0 Å². The summed E-state index contributed by atoms with van der Waals surface area (Å²) >= 11 is 0. The molecule has 1 rings (SSSR count). The van der Waals surface area contributed by atoms with E-state index in [1.807, 2.05) is 34.6 Å². The molecule has 0 saturated heterocycles. The van der Waals surface area contributed by atoms with Crippen molar-refractivity contribution in [2.24, 2.45) is 10.8 Å². The Hall–Kier alpha value is -0.570. The van der Waals surface area contributed by atoms with E-state index in [0.717, 1.165) is 6.42 Å². The van der Waals surface area contributed by atoms with E-state index in [4.69, 9.17) is 4.74 Å².